The summed E-state index contributed by atoms with van der Waals surface area (Å²) < 4.78 is 0. The lowest BCUT2D eigenvalue weighted by Gasteiger charge is -2.09. The molecule has 0 spiro atoms. The topological polar surface area (TPSA) is 91.3 Å². The Kier molecular flexibility index (Phi) is 3.99. The van der Waals surface area contributed by atoms with Gasteiger partial charge in [-0.2, -0.15) is 0 Å². The summed E-state index contributed by atoms with van der Waals surface area (Å²) >= 11 is 0. The number of nitrogens with one attached hydrogen (secondary N) is 2. The van der Waals surface area contributed by atoms with Gasteiger partial charge in [0.1, 0.15) is 0 Å². The fourth-order valence-electron chi connectivity index (χ4n) is 1.90. The Morgan fingerprint density at radius 2 is 2.20 bits per heavy atom. The number of aromatic nitrogens is 1. The summed E-state index contributed by atoms with van der Waals surface area (Å²) in [5.41, 5.74) is 1.09. The second-order valence-electron chi connectivity index (χ2n) is 4.75. The fraction of sp³-hybridized carbons (Fsp3) is 0.308. The lowest BCUT2D eigenvalue weighted by molar-refractivity contribution is -0.384. The van der Waals surface area contributed by atoms with Crippen LogP contribution in [0.5, 0.6) is 0 Å². The molecule has 2 aromatic rings. The minimum absolute atomic E-state index is 0.0283. The first kappa shape index (κ1) is 14.0. The van der Waals surface area contributed by atoms with Crippen LogP contribution >= 0.6 is 0 Å². The van der Waals surface area contributed by atoms with Crippen molar-refractivity contribution in [3.8, 4) is 0 Å². The molecular weight excluding hydrogens is 260 g/mol. The maximum absolute atomic E-state index is 12.1. The molecule has 2 rings (SSSR count). The standard InChI is InChI=1S/C13H16N4O3/c1-16(2)6-5-14-13(18)11-8-15-12-4-3-9(17(19)20)7-10(11)12/h3-4,7-8,15H,5-6H2,1-2H3,(H,14,18). The lowest BCUT2D eigenvalue weighted by atomic mass is 10.1. The van der Waals surface area contributed by atoms with Gasteiger partial charge in [-0.25, -0.2) is 0 Å². The average molecular weight is 276 g/mol. The van der Waals surface area contributed by atoms with Gasteiger partial charge < -0.3 is 15.2 Å². The Labute approximate surface area is 115 Å². The number of H-pyrrole nitrogens is 1. The van der Waals surface area contributed by atoms with Crippen LogP contribution in [0, 0.1) is 10.1 Å². The van der Waals surface area contributed by atoms with Crippen LogP contribution in [-0.4, -0.2) is 47.9 Å². The van der Waals surface area contributed by atoms with E-state index in [1.54, 1.807) is 12.3 Å². The van der Waals surface area contributed by atoms with Gasteiger partial charge >= 0.3 is 0 Å². The van der Waals surface area contributed by atoms with Gasteiger partial charge in [0.2, 0.25) is 0 Å². The fourth-order valence-corrected chi connectivity index (χ4v) is 1.90. The average Bonchev–Trinajstić information content (AvgIpc) is 2.80. The number of likely N-dealkylation sites (N-methyl/N-ethyl adjacent to an activating group) is 1. The van der Waals surface area contributed by atoms with Crippen molar-refractivity contribution in [3.63, 3.8) is 0 Å². The number of benzene rings is 1. The third-order valence-electron chi connectivity index (χ3n) is 2.97. The first-order valence-corrected chi connectivity index (χ1v) is 6.17. The molecule has 0 aliphatic carbocycles. The number of fused-ring (bicyclic) bond motifs is 1. The van der Waals surface area contributed by atoms with Crippen LogP contribution in [-0.2, 0) is 0 Å². The third kappa shape index (κ3) is 2.94. The van der Waals surface area contributed by atoms with Gasteiger partial charge in [0.05, 0.1) is 10.5 Å². The Bertz CT molecular complexity index is 648. The van der Waals surface area contributed by atoms with E-state index >= 15 is 0 Å². The van der Waals surface area contributed by atoms with E-state index < -0.39 is 4.92 Å². The Hall–Kier alpha value is -2.41. The van der Waals surface area contributed by atoms with Gasteiger partial charge in [-0.1, -0.05) is 0 Å². The van der Waals surface area contributed by atoms with Crippen LogP contribution in [0.4, 0.5) is 5.69 Å². The number of non-ortho nitro benzene ring substituents is 1. The Morgan fingerprint density at radius 3 is 2.85 bits per heavy atom. The molecule has 0 bridgehead atoms. The van der Waals surface area contributed by atoms with E-state index in [2.05, 4.69) is 10.3 Å². The number of amides is 1. The SMILES string of the molecule is CN(C)CCNC(=O)c1c[nH]c2ccc([N+](=O)[O-])cc12. The molecule has 1 aromatic heterocycles. The minimum Gasteiger partial charge on any atom is -0.360 e. The molecule has 0 atom stereocenters. The van der Waals surface area contributed by atoms with E-state index in [1.807, 2.05) is 19.0 Å². The normalized spacial score (nSPS) is 10.9. The first-order chi connectivity index (χ1) is 9.49. The highest BCUT2D eigenvalue weighted by Gasteiger charge is 2.15. The summed E-state index contributed by atoms with van der Waals surface area (Å²) in [5.74, 6) is -0.237. The van der Waals surface area contributed by atoms with Crippen molar-refractivity contribution in [1.82, 2.24) is 15.2 Å². The number of hydrogen-bond donors (Lipinski definition) is 2. The molecule has 0 fully saturated rings. The van der Waals surface area contributed by atoms with Gasteiger partial charge in [-0.3, -0.25) is 14.9 Å². The molecule has 0 saturated carbocycles. The summed E-state index contributed by atoms with van der Waals surface area (Å²) in [6, 6.07) is 4.42. The molecule has 1 amide bonds. The smallest absolute Gasteiger partial charge is 0.270 e. The van der Waals surface area contributed by atoms with Crippen molar-refractivity contribution >= 4 is 22.5 Å². The number of hydrogen-bond acceptors (Lipinski definition) is 4. The van der Waals surface area contributed by atoms with Crippen LogP contribution < -0.4 is 5.32 Å². The maximum atomic E-state index is 12.1. The van der Waals surface area contributed by atoms with E-state index in [0.29, 0.717) is 23.0 Å². The number of aromatic amines is 1. The van der Waals surface area contributed by atoms with E-state index in [9.17, 15) is 14.9 Å². The molecule has 20 heavy (non-hydrogen) atoms. The lowest BCUT2D eigenvalue weighted by Crippen LogP contribution is -2.31. The molecule has 0 aliphatic rings. The molecule has 0 radical (unpaired) electrons. The van der Waals surface area contributed by atoms with Crippen molar-refractivity contribution < 1.29 is 9.72 Å². The minimum atomic E-state index is -0.472. The van der Waals surface area contributed by atoms with Crippen LogP contribution in [0.1, 0.15) is 10.4 Å². The monoisotopic (exact) mass is 276 g/mol. The number of carbonyl (C=O) groups excluding carboxylic acids is 1. The maximum Gasteiger partial charge on any atom is 0.270 e. The zero-order valence-corrected chi connectivity index (χ0v) is 11.3. The number of nitro groups is 1. The quantitative estimate of drug-likeness (QED) is 0.637. The summed E-state index contributed by atoms with van der Waals surface area (Å²) in [4.78, 5) is 27.3. The summed E-state index contributed by atoms with van der Waals surface area (Å²) in [6.07, 6.45) is 1.57. The highest BCUT2D eigenvalue weighted by atomic mass is 16.6. The third-order valence-corrected chi connectivity index (χ3v) is 2.97. The predicted octanol–water partition coefficient (Wildman–Crippen LogP) is 1.37. The molecule has 1 heterocycles. The second-order valence-corrected chi connectivity index (χ2v) is 4.75. The van der Waals surface area contributed by atoms with Crippen LogP contribution in [0.2, 0.25) is 0 Å². The van der Waals surface area contributed by atoms with E-state index in [0.717, 1.165) is 6.54 Å². The van der Waals surface area contributed by atoms with Gasteiger partial charge in [0, 0.05) is 42.3 Å². The van der Waals surface area contributed by atoms with Crippen molar-refractivity contribution in [2.24, 2.45) is 0 Å². The highest BCUT2D eigenvalue weighted by molar-refractivity contribution is 6.07. The second kappa shape index (κ2) is 5.70. The molecular formula is C13H16N4O3. The number of nitrogens with zero attached hydrogens (tertiary/aromatic N) is 2. The molecule has 106 valence electrons. The first-order valence-electron chi connectivity index (χ1n) is 6.17. The molecule has 7 heteroatoms. The van der Waals surface area contributed by atoms with Gasteiger partial charge in [-0.15, -0.1) is 0 Å². The van der Waals surface area contributed by atoms with Gasteiger partial charge in [-0.05, 0) is 20.2 Å². The number of carbonyl (C=O) groups is 1. The van der Waals surface area contributed by atoms with Crippen molar-refractivity contribution in [2.45, 2.75) is 0 Å². The molecule has 1 aromatic carbocycles. The summed E-state index contributed by atoms with van der Waals surface area (Å²) in [7, 11) is 3.84. The predicted molar refractivity (Wildman–Crippen MR) is 75.8 cm³/mol. The Morgan fingerprint density at radius 1 is 1.45 bits per heavy atom. The summed E-state index contributed by atoms with van der Waals surface area (Å²) in [6.45, 7) is 1.25. The number of nitro benzene ring substituents is 1. The molecule has 7 nitrogen and oxygen atoms in total. The van der Waals surface area contributed by atoms with E-state index in [-0.39, 0.29) is 11.6 Å². The van der Waals surface area contributed by atoms with Crippen molar-refractivity contribution in [2.75, 3.05) is 27.2 Å². The van der Waals surface area contributed by atoms with Crippen LogP contribution in [0.3, 0.4) is 0 Å². The largest absolute Gasteiger partial charge is 0.360 e. The molecule has 2 N–H and O–H groups in total. The zero-order valence-electron chi connectivity index (χ0n) is 11.3. The Balaban J connectivity index is 2.23. The van der Waals surface area contributed by atoms with Crippen LogP contribution in [0.15, 0.2) is 24.4 Å². The van der Waals surface area contributed by atoms with Crippen molar-refractivity contribution in [1.29, 1.82) is 0 Å². The van der Waals surface area contributed by atoms with Crippen molar-refractivity contribution in [3.05, 3.63) is 40.1 Å². The zero-order chi connectivity index (χ0) is 14.7. The van der Waals surface area contributed by atoms with E-state index in [4.69, 9.17) is 0 Å². The van der Waals surface area contributed by atoms with Gasteiger partial charge in [0.25, 0.3) is 11.6 Å². The highest BCUT2D eigenvalue weighted by Crippen LogP contribution is 2.23. The molecule has 0 aliphatic heterocycles. The van der Waals surface area contributed by atoms with E-state index in [1.165, 1.54) is 12.1 Å². The molecule has 0 saturated heterocycles. The van der Waals surface area contributed by atoms with Gasteiger partial charge in [0.15, 0.2) is 0 Å². The summed E-state index contributed by atoms with van der Waals surface area (Å²) in [5, 5.41) is 14.1. The van der Waals surface area contributed by atoms with Crippen LogP contribution in [0.25, 0.3) is 10.9 Å². The number of rotatable bonds is 5. The molecule has 0 unspecified atom stereocenters.